The van der Waals surface area contributed by atoms with Gasteiger partial charge in [-0.2, -0.15) is 0 Å². The van der Waals surface area contributed by atoms with Gasteiger partial charge in [0.15, 0.2) is 0 Å². The lowest BCUT2D eigenvalue weighted by molar-refractivity contribution is 0.575. The van der Waals surface area contributed by atoms with E-state index >= 15 is 0 Å². The predicted octanol–water partition coefficient (Wildman–Crippen LogP) is 2.11. The molecule has 3 rings (SSSR count). The molecule has 0 spiro atoms. The van der Waals surface area contributed by atoms with Crippen molar-refractivity contribution < 1.29 is 0 Å². The molecule has 1 aliphatic heterocycles. The summed E-state index contributed by atoms with van der Waals surface area (Å²) in [5.74, 6) is 1.17. The van der Waals surface area contributed by atoms with Crippen LogP contribution >= 0.6 is 0 Å². The molecule has 0 radical (unpaired) electrons. The number of rotatable bonds is 4. The zero-order chi connectivity index (χ0) is 11.7. The first-order chi connectivity index (χ1) is 8.33. The molecular formula is C14H21N3. The lowest BCUT2D eigenvalue weighted by Gasteiger charge is -2.27. The van der Waals surface area contributed by atoms with Crippen molar-refractivity contribution >= 4 is 5.82 Å². The molecule has 1 saturated carbocycles. The van der Waals surface area contributed by atoms with Gasteiger partial charge >= 0.3 is 0 Å². The summed E-state index contributed by atoms with van der Waals surface area (Å²) in [5, 5.41) is 3.58. The van der Waals surface area contributed by atoms with Crippen LogP contribution in [0, 0.1) is 6.92 Å². The van der Waals surface area contributed by atoms with Crippen LogP contribution in [0.1, 0.15) is 31.4 Å². The number of aromatic nitrogens is 1. The van der Waals surface area contributed by atoms with E-state index < -0.39 is 0 Å². The highest BCUT2D eigenvalue weighted by Gasteiger charge is 2.32. The van der Waals surface area contributed by atoms with Gasteiger partial charge in [0.2, 0.25) is 0 Å². The highest BCUT2D eigenvalue weighted by molar-refractivity contribution is 5.42. The minimum Gasteiger partial charge on any atom is -0.352 e. The SMILES string of the molecule is Cc1cccc(N(CC2CCCN2)C2CC2)n1. The summed E-state index contributed by atoms with van der Waals surface area (Å²) in [6.45, 7) is 4.38. The Labute approximate surface area is 103 Å². The second-order valence-electron chi connectivity index (χ2n) is 5.31. The number of nitrogens with zero attached hydrogens (tertiary/aromatic N) is 2. The fraction of sp³-hybridized carbons (Fsp3) is 0.643. The van der Waals surface area contributed by atoms with Gasteiger partial charge in [-0.15, -0.1) is 0 Å². The molecule has 2 aliphatic rings. The number of hydrogen-bond donors (Lipinski definition) is 1. The molecular weight excluding hydrogens is 210 g/mol. The summed E-state index contributed by atoms with van der Waals surface area (Å²) in [7, 11) is 0. The molecule has 0 amide bonds. The van der Waals surface area contributed by atoms with Crippen LogP contribution in [0.5, 0.6) is 0 Å². The Morgan fingerprint density at radius 2 is 2.24 bits per heavy atom. The van der Waals surface area contributed by atoms with Crippen molar-refractivity contribution in [3.63, 3.8) is 0 Å². The molecule has 1 atom stereocenters. The average molecular weight is 231 g/mol. The number of anilines is 1. The maximum absolute atomic E-state index is 4.67. The van der Waals surface area contributed by atoms with E-state index in [4.69, 9.17) is 0 Å². The van der Waals surface area contributed by atoms with Crippen molar-refractivity contribution in [2.45, 2.75) is 44.7 Å². The lowest BCUT2D eigenvalue weighted by atomic mass is 10.2. The molecule has 1 aromatic heterocycles. The maximum atomic E-state index is 4.67. The Kier molecular flexibility index (Phi) is 3.02. The summed E-state index contributed by atoms with van der Waals surface area (Å²) < 4.78 is 0. The van der Waals surface area contributed by atoms with Gasteiger partial charge in [-0.25, -0.2) is 4.98 Å². The van der Waals surface area contributed by atoms with E-state index in [9.17, 15) is 0 Å². The van der Waals surface area contributed by atoms with Crippen molar-refractivity contribution in [2.75, 3.05) is 18.0 Å². The van der Waals surface area contributed by atoms with Gasteiger partial charge in [0.1, 0.15) is 5.82 Å². The summed E-state index contributed by atoms with van der Waals surface area (Å²) in [5.41, 5.74) is 1.12. The summed E-state index contributed by atoms with van der Waals surface area (Å²) in [6, 6.07) is 7.75. The molecule has 0 aromatic carbocycles. The second kappa shape index (κ2) is 4.65. The number of hydrogen-bond acceptors (Lipinski definition) is 3. The van der Waals surface area contributed by atoms with E-state index in [1.165, 1.54) is 38.0 Å². The standard InChI is InChI=1S/C14H21N3/c1-11-4-2-6-14(16-11)17(13-7-8-13)10-12-5-3-9-15-12/h2,4,6,12-13,15H,3,5,7-10H2,1H3. The average Bonchev–Trinajstić information content (AvgIpc) is 3.03. The van der Waals surface area contributed by atoms with Crippen LogP contribution in [0.2, 0.25) is 0 Å². The van der Waals surface area contributed by atoms with Crippen molar-refractivity contribution in [3.8, 4) is 0 Å². The Morgan fingerprint density at radius 3 is 2.88 bits per heavy atom. The molecule has 1 aliphatic carbocycles. The molecule has 2 heterocycles. The highest BCUT2D eigenvalue weighted by Crippen LogP contribution is 2.31. The smallest absolute Gasteiger partial charge is 0.129 e. The number of nitrogens with one attached hydrogen (secondary N) is 1. The van der Waals surface area contributed by atoms with Gasteiger partial charge in [-0.3, -0.25) is 0 Å². The molecule has 0 bridgehead atoms. The van der Waals surface area contributed by atoms with E-state index in [-0.39, 0.29) is 0 Å². The minimum absolute atomic E-state index is 0.665. The molecule has 3 nitrogen and oxygen atoms in total. The fourth-order valence-electron chi connectivity index (χ4n) is 2.65. The van der Waals surface area contributed by atoms with E-state index in [2.05, 4.69) is 40.3 Å². The van der Waals surface area contributed by atoms with Crippen LogP contribution < -0.4 is 10.2 Å². The Morgan fingerprint density at radius 1 is 1.35 bits per heavy atom. The van der Waals surface area contributed by atoms with E-state index in [0.29, 0.717) is 6.04 Å². The first-order valence-corrected chi connectivity index (χ1v) is 6.76. The predicted molar refractivity (Wildman–Crippen MR) is 70.4 cm³/mol. The molecule has 1 unspecified atom stereocenters. The van der Waals surface area contributed by atoms with Crippen molar-refractivity contribution in [1.29, 1.82) is 0 Å². The third kappa shape index (κ3) is 2.60. The Balaban J connectivity index is 1.74. The zero-order valence-electron chi connectivity index (χ0n) is 10.5. The van der Waals surface area contributed by atoms with Crippen LogP contribution in [0.3, 0.4) is 0 Å². The Bertz CT molecular complexity index is 381. The van der Waals surface area contributed by atoms with Crippen LogP contribution in [0.4, 0.5) is 5.82 Å². The van der Waals surface area contributed by atoms with Gasteiger partial charge < -0.3 is 10.2 Å². The van der Waals surface area contributed by atoms with Gasteiger partial charge in [0.25, 0.3) is 0 Å². The summed E-state index contributed by atoms with van der Waals surface area (Å²) in [4.78, 5) is 7.18. The molecule has 17 heavy (non-hydrogen) atoms. The number of aryl methyl sites for hydroxylation is 1. The molecule has 2 fully saturated rings. The van der Waals surface area contributed by atoms with E-state index in [1.54, 1.807) is 0 Å². The van der Waals surface area contributed by atoms with E-state index in [1.807, 2.05) is 0 Å². The quantitative estimate of drug-likeness (QED) is 0.860. The highest BCUT2D eigenvalue weighted by atomic mass is 15.2. The zero-order valence-corrected chi connectivity index (χ0v) is 10.5. The topological polar surface area (TPSA) is 28.2 Å². The molecule has 1 N–H and O–H groups in total. The van der Waals surface area contributed by atoms with Crippen molar-refractivity contribution in [1.82, 2.24) is 10.3 Å². The van der Waals surface area contributed by atoms with Gasteiger partial charge in [0, 0.05) is 24.3 Å². The monoisotopic (exact) mass is 231 g/mol. The Hall–Kier alpha value is -1.09. The van der Waals surface area contributed by atoms with Crippen molar-refractivity contribution in [2.24, 2.45) is 0 Å². The van der Waals surface area contributed by atoms with Crippen LogP contribution in [0.15, 0.2) is 18.2 Å². The molecule has 1 aromatic rings. The van der Waals surface area contributed by atoms with Crippen LogP contribution in [0.25, 0.3) is 0 Å². The van der Waals surface area contributed by atoms with Crippen molar-refractivity contribution in [3.05, 3.63) is 23.9 Å². The largest absolute Gasteiger partial charge is 0.352 e. The first-order valence-electron chi connectivity index (χ1n) is 6.76. The molecule has 3 heteroatoms. The first kappa shape index (κ1) is 11.0. The van der Waals surface area contributed by atoms with E-state index in [0.717, 1.165) is 18.3 Å². The van der Waals surface area contributed by atoms with Crippen LogP contribution in [-0.2, 0) is 0 Å². The molecule has 1 saturated heterocycles. The molecule has 92 valence electrons. The second-order valence-corrected chi connectivity index (χ2v) is 5.31. The van der Waals surface area contributed by atoms with Gasteiger partial charge in [0.05, 0.1) is 0 Å². The maximum Gasteiger partial charge on any atom is 0.129 e. The third-order valence-corrected chi connectivity index (χ3v) is 3.74. The lowest BCUT2D eigenvalue weighted by Crippen LogP contribution is -2.39. The minimum atomic E-state index is 0.665. The van der Waals surface area contributed by atoms with Gasteiger partial charge in [-0.1, -0.05) is 6.07 Å². The van der Waals surface area contributed by atoms with Gasteiger partial charge in [-0.05, 0) is 51.3 Å². The summed E-state index contributed by atoms with van der Waals surface area (Å²) >= 11 is 0. The normalized spacial score (nSPS) is 23.9. The summed E-state index contributed by atoms with van der Waals surface area (Å²) in [6.07, 6.45) is 5.31. The fourth-order valence-corrected chi connectivity index (χ4v) is 2.65. The number of pyridine rings is 1. The third-order valence-electron chi connectivity index (χ3n) is 3.74. The van der Waals surface area contributed by atoms with Crippen LogP contribution in [-0.4, -0.2) is 30.2 Å².